The van der Waals surface area contributed by atoms with Crippen LogP contribution in [-0.4, -0.2) is 31.7 Å². The predicted octanol–water partition coefficient (Wildman–Crippen LogP) is 2.53. The molecule has 0 amide bonds. The molecule has 1 fully saturated rings. The van der Waals surface area contributed by atoms with Gasteiger partial charge in [-0.15, -0.1) is 0 Å². The van der Waals surface area contributed by atoms with E-state index in [1.54, 1.807) is 12.1 Å². The SMILES string of the molecule is CC1(C)OCC(CNCc2ccc(OC(F)F)cc2)O1. The number of rotatable bonds is 6. The van der Waals surface area contributed by atoms with Crippen LogP contribution >= 0.6 is 0 Å². The fourth-order valence-electron chi connectivity index (χ4n) is 2.03. The largest absolute Gasteiger partial charge is 0.435 e. The van der Waals surface area contributed by atoms with Crippen molar-refractivity contribution in [1.82, 2.24) is 5.32 Å². The van der Waals surface area contributed by atoms with Crippen molar-refractivity contribution in [3.8, 4) is 5.75 Å². The maximum absolute atomic E-state index is 12.0. The molecule has 112 valence electrons. The summed E-state index contributed by atoms with van der Waals surface area (Å²) in [6, 6.07) is 6.56. The zero-order chi connectivity index (χ0) is 14.6. The van der Waals surface area contributed by atoms with Gasteiger partial charge < -0.3 is 19.5 Å². The van der Waals surface area contributed by atoms with Crippen LogP contribution in [0.25, 0.3) is 0 Å². The Hall–Kier alpha value is -1.24. The first-order valence-electron chi connectivity index (χ1n) is 6.51. The van der Waals surface area contributed by atoms with Gasteiger partial charge in [0.25, 0.3) is 0 Å². The van der Waals surface area contributed by atoms with Crippen molar-refractivity contribution < 1.29 is 23.0 Å². The number of hydrogen-bond acceptors (Lipinski definition) is 4. The maximum atomic E-state index is 12.0. The van der Waals surface area contributed by atoms with E-state index >= 15 is 0 Å². The van der Waals surface area contributed by atoms with Crippen LogP contribution in [0, 0.1) is 0 Å². The van der Waals surface area contributed by atoms with E-state index in [2.05, 4.69) is 10.1 Å². The third kappa shape index (κ3) is 4.70. The Bertz CT molecular complexity index is 423. The number of halogens is 2. The Kier molecular flexibility index (Phi) is 4.91. The van der Waals surface area contributed by atoms with Crippen LogP contribution < -0.4 is 10.1 Å². The average Bonchev–Trinajstić information content (AvgIpc) is 2.70. The lowest BCUT2D eigenvalue weighted by Crippen LogP contribution is -2.30. The first kappa shape index (κ1) is 15.2. The van der Waals surface area contributed by atoms with Gasteiger partial charge in [-0.05, 0) is 31.5 Å². The van der Waals surface area contributed by atoms with Crippen molar-refractivity contribution in [2.45, 2.75) is 38.9 Å². The van der Waals surface area contributed by atoms with E-state index in [9.17, 15) is 8.78 Å². The summed E-state index contributed by atoms with van der Waals surface area (Å²) in [5, 5.41) is 3.25. The van der Waals surface area contributed by atoms with E-state index in [0.717, 1.165) is 5.56 Å². The van der Waals surface area contributed by atoms with Gasteiger partial charge in [-0.1, -0.05) is 12.1 Å². The maximum Gasteiger partial charge on any atom is 0.387 e. The molecule has 1 atom stereocenters. The Balaban J connectivity index is 1.72. The summed E-state index contributed by atoms with van der Waals surface area (Å²) < 4.78 is 39.4. The second-order valence-electron chi connectivity index (χ2n) is 5.10. The second kappa shape index (κ2) is 6.47. The fraction of sp³-hybridized carbons (Fsp3) is 0.571. The minimum Gasteiger partial charge on any atom is -0.435 e. The smallest absolute Gasteiger partial charge is 0.387 e. The van der Waals surface area contributed by atoms with Crippen LogP contribution in [0.1, 0.15) is 19.4 Å². The summed E-state index contributed by atoms with van der Waals surface area (Å²) in [6.45, 7) is 2.86. The average molecular weight is 287 g/mol. The highest BCUT2D eigenvalue weighted by Gasteiger charge is 2.32. The number of hydrogen-bond donors (Lipinski definition) is 1. The molecular weight excluding hydrogens is 268 g/mol. The van der Waals surface area contributed by atoms with E-state index in [4.69, 9.17) is 9.47 Å². The van der Waals surface area contributed by atoms with Gasteiger partial charge in [0, 0.05) is 13.1 Å². The van der Waals surface area contributed by atoms with Crippen LogP contribution in [-0.2, 0) is 16.0 Å². The summed E-state index contributed by atoms with van der Waals surface area (Å²) in [5.41, 5.74) is 0.991. The van der Waals surface area contributed by atoms with E-state index in [-0.39, 0.29) is 11.9 Å². The quantitative estimate of drug-likeness (QED) is 0.873. The Morgan fingerprint density at radius 1 is 1.35 bits per heavy atom. The van der Waals surface area contributed by atoms with Crippen LogP contribution in [0.2, 0.25) is 0 Å². The molecule has 2 rings (SSSR count). The molecule has 4 nitrogen and oxygen atoms in total. The van der Waals surface area contributed by atoms with Gasteiger partial charge in [0.2, 0.25) is 0 Å². The number of nitrogens with one attached hydrogen (secondary N) is 1. The minimum absolute atomic E-state index is 0.0337. The Morgan fingerprint density at radius 2 is 2.05 bits per heavy atom. The molecule has 0 bridgehead atoms. The molecule has 1 saturated heterocycles. The Labute approximate surface area is 117 Å². The highest BCUT2D eigenvalue weighted by molar-refractivity contribution is 5.27. The molecule has 20 heavy (non-hydrogen) atoms. The second-order valence-corrected chi connectivity index (χ2v) is 5.10. The third-order valence-electron chi connectivity index (χ3n) is 2.92. The molecule has 0 aliphatic carbocycles. The molecule has 0 radical (unpaired) electrons. The summed E-state index contributed by atoms with van der Waals surface area (Å²) in [6.07, 6.45) is 0.0337. The molecule has 0 aromatic heterocycles. The summed E-state index contributed by atoms with van der Waals surface area (Å²) >= 11 is 0. The van der Waals surface area contributed by atoms with Gasteiger partial charge in [0.05, 0.1) is 12.7 Å². The zero-order valence-corrected chi connectivity index (χ0v) is 11.6. The monoisotopic (exact) mass is 287 g/mol. The standard InChI is InChI=1S/C14H19F2NO3/c1-14(2)18-9-12(20-14)8-17-7-10-3-5-11(6-4-10)19-13(15)16/h3-6,12-13,17H,7-9H2,1-2H3. The molecule has 1 heterocycles. The normalized spacial score (nSPS) is 21.4. The van der Waals surface area contributed by atoms with E-state index in [0.29, 0.717) is 19.7 Å². The van der Waals surface area contributed by atoms with E-state index in [1.165, 1.54) is 12.1 Å². The van der Waals surface area contributed by atoms with Crippen molar-refractivity contribution in [1.29, 1.82) is 0 Å². The molecule has 0 spiro atoms. The molecule has 1 aliphatic heterocycles. The molecule has 0 saturated carbocycles. The van der Waals surface area contributed by atoms with E-state index < -0.39 is 12.4 Å². The van der Waals surface area contributed by atoms with Crippen LogP contribution in [0.3, 0.4) is 0 Å². The highest BCUT2D eigenvalue weighted by atomic mass is 19.3. The lowest BCUT2D eigenvalue weighted by molar-refractivity contribution is -0.137. The first-order chi connectivity index (χ1) is 9.44. The predicted molar refractivity (Wildman–Crippen MR) is 69.7 cm³/mol. The van der Waals surface area contributed by atoms with Crippen LogP contribution in [0.5, 0.6) is 5.75 Å². The summed E-state index contributed by atoms with van der Waals surface area (Å²) in [5.74, 6) is -0.348. The summed E-state index contributed by atoms with van der Waals surface area (Å²) in [4.78, 5) is 0. The lowest BCUT2D eigenvalue weighted by atomic mass is 10.2. The molecular formula is C14H19F2NO3. The van der Waals surface area contributed by atoms with Gasteiger partial charge in [-0.25, -0.2) is 0 Å². The molecule has 1 aliphatic rings. The lowest BCUT2D eigenvalue weighted by Gasteiger charge is -2.17. The van der Waals surface area contributed by atoms with Gasteiger partial charge in [-0.2, -0.15) is 8.78 Å². The van der Waals surface area contributed by atoms with Crippen LogP contribution in [0.15, 0.2) is 24.3 Å². The van der Waals surface area contributed by atoms with Crippen molar-refractivity contribution in [2.24, 2.45) is 0 Å². The minimum atomic E-state index is -2.79. The third-order valence-corrected chi connectivity index (χ3v) is 2.92. The number of alkyl halides is 2. The fourth-order valence-corrected chi connectivity index (χ4v) is 2.03. The van der Waals surface area contributed by atoms with Crippen molar-refractivity contribution >= 4 is 0 Å². The number of benzene rings is 1. The van der Waals surface area contributed by atoms with E-state index in [1.807, 2.05) is 13.8 Å². The van der Waals surface area contributed by atoms with Crippen molar-refractivity contribution in [3.05, 3.63) is 29.8 Å². The molecule has 6 heteroatoms. The van der Waals surface area contributed by atoms with Gasteiger partial charge in [0.1, 0.15) is 5.75 Å². The first-order valence-corrected chi connectivity index (χ1v) is 6.51. The van der Waals surface area contributed by atoms with Crippen molar-refractivity contribution in [2.75, 3.05) is 13.2 Å². The highest BCUT2D eigenvalue weighted by Crippen LogP contribution is 2.21. The van der Waals surface area contributed by atoms with Gasteiger partial charge in [-0.3, -0.25) is 0 Å². The van der Waals surface area contributed by atoms with Crippen molar-refractivity contribution in [3.63, 3.8) is 0 Å². The molecule has 1 unspecified atom stereocenters. The zero-order valence-electron chi connectivity index (χ0n) is 11.6. The molecule has 1 aromatic carbocycles. The van der Waals surface area contributed by atoms with Gasteiger partial charge in [0.15, 0.2) is 5.79 Å². The van der Waals surface area contributed by atoms with Gasteiger partial charge >= 0.3 is 6.61 Å². The molecule has 1 aromatic rings. The Morgan fingerprint density at radius 3 is 2.60 bits per heavy atom. The topological polar surface area (TPSA) is 39.7 Å². The molecule has 1 N–H and O–H groups in total. The number of ether oxygens (including phenoxy) is 3. The summed E-state index contributed by atoms with van der Waals surface area (Å²) in [7, 11) is 0. The van der Waals surface area contributed by atoms with Crippen LogP contribution in [0.4, 0.5) is 8.78 Å².